The van der Waals surface area contributed by atoms with Crippen molar-refractivity contribution in [3.05, 3.63) is 46.5 Å². The minimum Gasteiger partial charge on any atom is -0.474 e. The van der Waals surface area contributed by atoms with Crippen LogP contribution < -0.4 is 4.74 Å². The molecule has 1 aliphatic carbocycles. The molecule has 1 saturated carbocycles. The highest BCUT2D eigenvalue weighted by molar-refractivity contribution is 8.38. The lowest BCUT2D eigenvalue weighted by atomic mass is 10.1. The van der Waals surface area contributed by atoms with Gasteiger partial charge in [0.1, 0.15) is 16.0 Å². The Balaban J connectivity index is 1.51. The molecule has 1 fully saturated rings. The van der Waals surface area contributed by atoms with Crippen molar-refractivity contribution in [3.8, 4) is 11.9 Å². The van der Waals surface area contributed by atoms with Crippen molar-refractivity contribution >= 4 is 27.9 Å². The Labute approximate surface area is 178 Å². The molecule has 1 N–H and O–H groups in total. The summed E-state index contributed by atoms with van der Waals surface area (Å²) in [5.74, 6) is 0.660. The van der Waals surface area contributed by atoms with Gasteiger partial charge in [0.05, 0.1) is 29.3 Å². The molecule has 2 aromatic rings. The maximum Gasteiger partial charge on any atom is 0.416 e. The molecular formula is C19H15F3N4O2S2. The van der Waals surface area contributed by atoms with Crippen LogP contribution in [0, 0.1) is 11.3 Å². The number of aliphatic imine (C=N–C) groups is 1. The third kappa shape index (κ3) is 4.26. The minimum atomic E-state index is -4.49. The largest absolute Gasteiger partial charge is 0.474 e. The topological polar surface area (TPSA) is 91.4 Å². The molecule has 0 radical (unpaired) electrons. The number of hydrogen-bond donors (Lipinski definition) is 1. The molecule has 1 aromatic carbocycles. The van der Waals surface area contributed by atoms with Crippen LogP contribution in [0.25, 0.3) is 0 Å². The fourth-order valence-corrected chi connectivity index (χ4v) is 5.26. The summed E-state index contributed by atoms with van der Waals surface area (Å²) in [6, 6.07) is 6.86. The molecule has 1 aromatic heterocycles. The summed E-state index contributed by atoms with van der Waals surface area (Å²) in [4.78, 5) is 4.82. The van der Waals surface area contributed by atoms with E-state index in [2.05, 4.69) is 10.2 Å². The number of hydrogen-bond acceptors (Lipinski definition) is 8. The minimum absolute atomic E-state index is 0.00531. The zero-order chi connectivity index (χ0) is 21.4. The predicted octanol–water partition coefficient (Wildman–Crippen LogP) is 4.12. The van der Waals surface area contributed by atoms with Crippen molar-refractivity contribution < 1.29 is 23.0 Å². The second kappa shape index (κ2) is 8.09. The lowest BCUT2D eigenvalue weighted by molar-refractivity contribution is -0.137. The monoisotopic (exact) mass is 452 g/mol. The molecule has 156 valence electrons. The van der Waals surface area contributed by atoms with E-state index in [0.29, 0.717) is 22.2 Å². The van der Waals surface area contributed by atoms with E-state index in [0.717, 1.165) is 34.9 Å². The first-order valence-electron chi connectivity index (χ1n) is 8.97. The third-order valence-electron chi connectivity index (χ3n) is 4.70. The molecule has 1 aliphatic heterocycles. The van der Waals surface area contributed by atoms with Crippen LogP contribution >= 0.6 is 23.5 Å². The second-order valence-electron chi connectivity index (χ2n) is 6.75. The highest BCUT2D eigenvalue weighted by Gasteiger charge is 2.49. The maximum atomic E-state index is 12.9. The Morgan fingerprint density at radius 3 is 2.73 bits per heavy atom. The highest BCUT2D eigenvalue weighted by atomic mass is 32.2. The number of nitriles is 1. The molecule has 1 spiro atoms. The molecule has 0 saturated heterocycles. The number of benzene rings is 1. The molecule has 30 heavy (non-hydrogen) atoms. The molecule has 0 amide bonds. The van der Waals surface area contributed by atoms with E-state index in [9.17, 15) is 18.4 Å². The van der Waals surface area contributed by atoms with Crippen LogP contribution in [-0.4, -0.2) is 32.9 Å². The van der Waals surface area contributed by atoms with Gasteiger partial charge in [-0.15, -0.1) is 10.2 Å². The van der Waals surface area contributed by atoms with Crippen molar-refractivity contribution in [2.45, 2.75) is 35.3 Å². The fraction of sp³-hybridized carbons (Fsp3) is 0.368. The molecule has 0 bridgehead atoms. The van der Waals surface area contributed by atoms with Crippen LogP contribution in [-0.2, 0) is 17.5 Å². The van der Waals surface area contributed by atoms with Gasteiger partial charge in [0.15, 0.2) is 0 Å². The quantitative estimate of drug-likeness (QED) is 0.730. The number of aliphatic hydroxyl groups is 1. The number of fused-ring (bicyclic) bond motifs is 2. The molecule has 0 unspecified atom stereocenters. The number of alkyl halides is 3. The summed E-state index contributed by atoms with van der Waals surface area (Å²) in [6.45, 7) is 0.0125. The Hall–Kier alpha value is -2.29. The van der Waals surface area contributed by atoms with Crippen molar-refractivity contribution in [2.24, 2.45) is 4.99 Å². The number of nitrogens with zero attached hydrogens (tertiary/aromatic N) is 4. The lowest BCUT2D eigenvalue weighted by Gasteiger charge is -2.22. The van der Waals surface area contributed by atoms with Crippen LogP contribution in [0.5, 0.6) is 5.88 Å². The molecule has 2 aliphatic rings. The summed E-state index contributed by atoms with van der Waals surface area (Å²) in [7, 11) is 0. The van der Waals surface area contributed by atoms with Crippen molar-refractivity contribution in [3.63, 3.8) is 0 Å². The maximum absolute atomic E-state index is 12.9. The van der Waals surface area contributed by atoms with Crippen LogP contribution in [0.2, 0.25) is 0 Å². The number of thioether (sulfide) groups is 2. The molecule has 6 nitrogen and oxygen atoms in total. The van der Waals surface area contributed by atoms with Crippen LogP contribution in [0.15, 0.2) is 34.3 Å². The van der Waals surface area contributed by atoms with E-state index in [1.165, 1.54) is 29.6 Å². The Morgan fingerprint density at radius 2 is 2.07 bits per heavy atom. The zero-order valence-corrected chi connectivity index (χ0v) is 17.1. The van der Waals surface area contributed by atoms with Crippen molar-refractivity contribution in [2.75, 3.05) is 13.2 Å². The Kier molecular flexibility index (Phi) is 5.65. The van der Waals surface area contributed by atoms with E-state index in [1.807, 2.05) is 6.07 Å². The average Bonchev–Trinajstić information content (AvgIpc) is 3.49. The third-order valence-corrected chi connectivity index (χ3v) is 6.86. The van der Waals surface area contributed by atoms with Crippen LogP contribution in [0.1, 0.15) is 35.1 Å². The van der Waals surface area contributed by atoms with Gasteiger partial charge in [0, 0.05) is 17.4 Å². The van der Waals surface area contributed by atoms with Gasteiger partial charge in [0.25, 0.3) is 0 Å². The fourth-order valence-electron chi connectivity index (χ4n) is 3.02. The van der Waals surface area contributed by atoms with Gasteiger partial charge in [-0.25, -0.2) is 0 Å². The summed E-state index contributed by atoms with van der Waals surface area (Å²) in [5.41, 5.74) is 0.262. The van der Waals surface area contributed by atoms with Crippen molar-refractivity contribution in [1.82, 2.24) is 10.2 Å². The van der Waals surface area contributed by atoms with Crippen molar-refractivity contribution in [1.29, 1.82) is 5.26 Å². The normalized spacial score (nSPS) is 16.6. The predicted molar refractivity (Wildman–Crippen MR) is 106 cm³/mol. The number of rotatable bonds is 5. The van der Waals surface area contributed by atoms with Crippen LogP contribution in [0.3, 0.4) is 0 Å². The van der Waals surface area contributed by atoms with E-state index >= 15 is 0 Å². The average molecular weight is 452 g/mol. The first kappa shape index (κ1) is 21.0. The van der Waals surface area contributed by atoms with Gasteiger partial charge in [-0.3, -0.25) is 4.99 Å². The number of halogens is 3. The number of aromatic nitrogens is 2. The zero-order valence-electron chi connectivity index (χ0n) is 15.4. The first-order valence-corrected chi connectivity index (χ1v) is 10.8. The van der Waals surface area contributed by atoms with Crippen LogP contribution in [0.4, 0.5) is 13.2 Å². The standard InChI is InChI=1S/C19H15F3N4O2S2/c20-19(21,22)13-2-1-11(12(7-13)9-23)10-29-17-24-18(3-4-18)14-8-15(28-6-5-27)25-26-16(14)30-17/h1-2,7-8,27H,3-6,10H2. The number of ether oxygens (including phenoxy) is 1. The first-order chi connectivity index (χ1) is 14.3. The Morgan fingerprint density at radius 1 is 1.27 bits per heavy atom. The van der Waals surface area contributed by atoms with Gasteiger partial charge >= 0.3 is 6.18 Å². The second-order valence-corrected chi connectivity index (χ2v) is 8.95. The van der Waals surface area contributed by atoms with Gasteiger partial charge in [-0.2, -0.15) is 18.4 Å². The van der Waals surface area contributed by atoms with E-state index in [4.69, 9.17) is 14.8 Å². The van der Waals surface area contributed by atoms with Gasteiger partial charge in [-0.1, -0.05) is 17.8 Å². The summed E-state index contributed by atoms with van der Waals surface area (Å²) in [6.07, 6.45) is -2.76. The number of aliphatic hydroxyl groups excluding tert-OH is 1. The molecule has 4 rings (SSSR count). The van der Waals surface area contributed by atoms with Gasteiger partial charge in [0.2, 0.25) is 5.88 Å². The summed E-state index contributed by atoms with van der Waals surface area (Å²) in [5, 5.41) is 27.1. The molecular weight excluding hydrogens is 437 g/mol. The van der Waals surface area contributed by atoms with Gasteiger partial charge < -0.3 is 9.84 Å². The van der Waals surface area contributed by atoms with E-state index in [-0.39, 0.29) is 24.3 Å². The molecule has 0 atom stereocenters. The molecule has 11 heteroatoms. The van der Waals surface area contributed by atoms with E-state index in [1.54, 1.807) is 6.07 Å². The van der Waals surface area contributed by atoms with Gasteiger partial charge in [-0.05, 0) is 42.3 Å². The lowest BCUT2D eigenvalue weighted by Crippen LogP contribution is -2.15. The highest BCUT2D eigenvalue weighted by Crippen LogP contribution is 2.56. The van der Waals surface area contributed by atoms with E-state index < -0.39 is 11.7 Å². The SMILES string of the molecule is N#Cc1cc(C(F)(F)F)ccc1CSC1=NC2(CC2)c2cc(OCCO)nnc2S1. The molecule has 2 heterocycles. The Bertz CT molecular complexity index is 1050. The smallest absolute Gasteiger partial charge is 0.416 e. The summed E-state index contributed by atoms with van der Waals surface area (Å²) >= 11 is 2.71. The summed E-state index contributed by atoms with van der Waals surface area (Å²) < 4.78 is 44.7.